The lowest BCUT2D eigenvalue weighted by molar-refractivity contribution is -0.145. The Balaban J connectivity index is 1.56. The third kappa shape index (κ3) is 3.90. The molecule has 2 N–H and O–H groups in total. The van der Waals surface area contributed by atoms with Crippen LogP contribution in [0.25, 0.3) is 11.0 Å². The molecule has 2 amide bonds. The van der Waals surface area contributed by atoms with Crippen molar-refractivity contribution in [2.45, 2.75) is 59.1 Å². The predicted octanol–water partition coefficient (Wildman–Crippen LogP) is 2.92. The van der Waals surface area contributed by atoms with Gasteiger partial charge in [-0.2, -0.15) is 0 Å². The van der Waals surface area contributed by atoms with E-state index in [0.29, 0.717) is 5.69 Å². The van der Waals surface area contributed by atoms with Gasteiger partial charge < -0.3 is 19.9 Å². The lowest BCUT2D eigenvalue weighted by atomic mass is 9.64. The van der Waals surface area contributed by atoms with Crippen molar-refractivity contribution in [1.29, 1.82) is 0 Å². The van der Waals surface area contributed by atoms with E-state index in [1.807, 2.05) is 24.6 Å². The SMILES string of the molecule is CCCCOC1CC(NC(=O)C(=O)Nc2ccc3c(c2)nc(C)n3C)C1(C)C. The maximum atomic E-state index is 12.3. The highest BCUT2D eigenvalue weighted by molar-refractivity contribution is 6.39. The van der Waals surface area contributed by atoms with E-state index >= 15 is 0 Å². The summed E-state index contributed by atoms with van der Waals surface area (Å²) in [6.45, 7) is 8.91. The fraction of sp³-hybridized carbons (Fsp3) is 0.571. The summed E-state index contributed by atoms with van der Waals surface area (Å²) >= 11 is 0. The quantitative estimate of drug-likeness (QED) is 0.590. The molecule has 2 unspecified atom stereocenters. The Morgan fingerprint density at radius 1 is 1.32 bits per heavy atom. The third-order valence-corrected chi connectivity index (χ3v) is 5.87. The summed E-state index contributed by atoms with van der Waals surface area (Å²) in [5.41, 5.74) is 2.13. The summed E-state index contributed by atoms with van der Waals surface area (Å²) < 4.78 is 7.87. The lowest BCUT2D eigenvalue weighted by Gasteiger charge is -2.51. The number of rotatable bonds is 6. The normalized spacial score (nSPS) is 20.6. The Morgan fingerprint density at radius 2 is 2.07 bits per heavy atom. The zero-order chi connectivity index (χ0) is 20.5. The number of benzene rings is 1. The third-order valence-electron chi connectivity index (χ3n) is 5.87. The van der Waals surface area contributed by atoms with E-state index in [9.17, 15) is 9.59 Å². The van der Waals surface area contributed by atoms with Crippen molar-refractivity contribution in [3.63, 3.8) is 0 Å². The standard InChI is InChI=1S/C21H30N4O3/c1-6-7-10-28-18-12-17(21(18,3)4)24-20(27)19(26)23-14-8-9-16-15(11-14)22-13(2)25(16)5/h8-9,11,17-18H,6-7,10,12H2,1-5H3,(H,23,26)(H,24,27). The van der Waals surface area contributed by atoms with Crippen LogP contribution in [0.4, 0.5) is 5.69 Å². The number of imidazole rings is 1. The molecule has 2 atom stereocenters. The van der Waals surface area contributed by atoms with Crippen LogP contribution in [0.1, 0.15) is 45.9 Å². The number of unbranched alkanes of at least 4 members (excludes halogenated alkanes) is 1. The summed E-state index contributed by atoms with van der Waals surface area (Å²) in [5, 5.41) is 5.51. The van der Waals surface area contributed by atoms with Gasteiger partial charge in [-0.05, 0) is 38.0 Å². The highest BCUT2D eigenvalue weighted by Gasteiger charge is 2.50. The van der Waals surface area contributed by atoms with Crippen molar-refractivity contribution < 1.29 is 14.3 Å². The van der Waals surface area contributed by atoms with Gasteiger partial charge in [-0.3, -0.25) is 9.59 Å². The van der Waals surface area contributed by atoms with Gasteiger partial charge in [0, 0.05) is 30.8 Å². The Morgan fingerprint density at radius 3 is 2.75 bits per heavy atom. The van der Waals surface area contributed by atoms with Crippen LogP contribution in [0.2, 0.25) is 0 Å². The highest BCUT2D eigenvalue weighted by atomic mass is 16.5. The van der Waals surface area contributed by atoms with E-state index in [1.54, 1.807) is 12.1 Å². The van der Waals surface area contributed by atoms with Crippen molar-refractivity contribution in [3.05, 3.63) is 24.0 Å². The maximum Gasteiger partial charge on any atom is 0.313 e. The molecule has 0 bridgehead atoms. The molecule has 1 aliphatic rings. The van der Waals surface area contributed by atoms with E-state index in [2.05, 4.69) is 36.4 Å². The van der Waals surface area contributed by atoms with Crippen molar-refractivity contribution in [2.24, 2.45) is 12.5 Å². The fourth-order valence-corrected chi connectivity index (χ4v) is 3.59. The first-order valence-electron chi connectivity index (χ1n) is 9.90. The van der Waals surface area contributed by atoms with Crippen molar-refractivity contribution >= 4 is 28.5 Å². The number of aromatic nitrogens is 2. The summed E-state index contributed by atoms with van der Waals surface area (Å²) in [6.07, 6.45) is 2.97. The summed E-state index contributed by atoms with van der Waals surface area (Å²) in [6, 6.07) is 5.37. The van der Waals surface area contributed by atoms with Crippen LogP contribution in [0.5, 0.6) is 0 Å². The largest absolute Gasteiger partial charge is 0.378 e. The van der Waals surface area contributed by atoms with Gasteiger partial charge in [0.1, 0.15) is 5.82 Å². The molecule has 0 aliphatic heterocycles. The van der Waals surface area contributed by atoms with E-state index in [1.165, 1.54) is 0 Å². The first kappa shape index (κ1) is 20.3. The number of anilines is 1. The average molecular weight is 386 g/mol. The van der Waals surface area contributed by atoms with Gasteiger partial charge in [0.15, 0.2) is 0 Å². The van der Waals surface area contributed by atoms with Crippen LogP contribution in [0, 0.1) is 12.3 Å². The van der Waals surface area contributed by atoms with Gasteiger partial charge in [-0.15, -0.1) is 0 Å². The van der Waals surface area contributed by atoms with Gasteiger partial charge in [-0.25, -0.2) is 4.98 Å². The first-order chi connectivity index (χ1) is 13.2. The molecule has 3 rings (SSSR count). The van der Waals surface area contributed by atoms with Crippen molar-refractivity contribution in [1.82, 2.24) is 14.9 Å². The van der Waals surface area contributed by atoms with E-state index in [0.717, 1.165) is 42.7 Å². The zero-order valence-electron chi connectivity index (χ0n) is 17.3. The molecule has 28 heavy (non-hydrogen) atoms. The molecule has 7 heteroatoms. The van der Waals surface area contributed by atoms with Crippen molar-refractivity contribution in [2.75, 3.05) is 11.9 Å². The van der Waals surface area contributed by atoms with Crippen LogP contribution >= 0.6 is 0 Å². The smallest absolute Gasteiger partial charge is 0.313 e. The molecule has 7 nitrogen and oxygen atoms in total. The maximum absolute atomic E-state index is 12.3. The number of carbonyl (C=O) groups excluding carboxylic acids is 2. The van der Waals surface area contributed by atoms with E-state index in [-0.39, 0.29) is 17.6 Å². The van der Waals surface area contributed by atoms with Crippen molar-refractivity contribution in [3.8, 4) is 0 Å². The molecular weight excluding hydrogens is 356 g/mol. The zero-order valence-corrected chi connectivity index (χ0v) is 17.3. The molecule has 1 heterocycles. The average Bonchev–Trinajstić information content (AvgIpc) is 2.93. The molecular formula is C21H30N4O3. The molecule has 0 radical (unpaired) electrons. The molecule has 1 saturated carbocycles. The van der Waals surface area contributed by atoms with Gasteiger partial charge >= 0.3 is 11.8 Å². The second-order valence-electron chi connectivity index (χ2n) is 8.17. The van der Waals surface area contributed by atoms with E-state index in [4.69, 9.17) is 4.74 Å². The molecule has 1 aliphatic carbocycles. The second kappa shape index (κ2) is 7.91. The monoisotopic (exact) mass is 386 g/mol. The first-order valence-corrected chi connectivity index (χ1v) is 9.90. The van der Waals surface area contributed by atoms with Gasteiger partial charge in [0.2, 0.25) is 0 Å². The Hall–Kier alpha value is -2.41. The lowest BCUT2D eigenvalue weighted by Crippen LogP contribution is -2.63. The number of ether oxygens (including phenoxy) is 1. The van der Waals surface area contributed by atoms with Crippen LogP contribution in [-0.4, -0.2) is 40.1 Å². The Kier molecular flexibility index (Phi) is 5.74. The Labute approximate surface area is 165 Å². The van der Waals surface area contributed by atoms with Gasteiger partial charge in [0.25, 0.3) is 0 Å². The van der Waals surface area contributed by atoms with Crippen LogP contribution in [0.15, 0.2) is 18.2 Å². The molecule has 152 valence electrons. The summed E-state index contributed by atoms with van der Waals surface area (Å²) in [4.78, 5) is 29.1. The fourth-order valence-electron chi connectivity index (χ4n) is 3.59. The molecule has 0 spiro atoms. The number of hydrogen-bond acceptors (Lipinski definition) is 4. The number of fused-ring (bicyclic) bond motifs is 1. The number of amides is 2. The van der Waals surface area contributed by atoms with Gasteiger partial charge in [0.05, 0.1) is 17.1 Å². The number of carbonyl (C=O) groups is 2. The topological polar surface area (TPSA) is 85.2 Å². The minimum absolute atomic E-state index is 0.0710. The molecule has 0 saturated heterocycles. The molecule has 1 fully saturated rings. The summed E-state index contributed by atoms with van der Waals surface area (Å²) in [5.74, 6) is -0.403. The van der Waals surface area contributed by atoms with Crippen LogP contribution in [0.3, 0.4) is 0 Å². The second-order valence-corrected chi connectivity index (χ2v) is 8.17. The highest BCUT2D eigenvalue weighted by Crippen LogP contribution is 2.42. The minimum atomic E-state index is -0.668. The molecule has 1 aromatic carbocycles. The molecule has 2 aromatic rings. The van der Waals surface area contributed by atoms with Crippen LogP contribution < -0.4 is 10.6 Å². The summed E-state index contributed by atoms with van der Waals surface area (Å²) in [7, 11) is 1.94. The van der Waals surface area contributed by atoms with E-state index < -0.39 is 11.8 Å². The van der Waals surface area contributed by atoms with Crippen LogP contribution in [-0.2, 0) is 21.4 Å². The predicted molar refractivity (Wildman–Crippen MR) is 109 cm³/mol. The van der Waals surface area contributed by atoms with Gasteiger partial charge in [-0.1, -0.05) is 27.2 Å². The number of nitrogens with zero attached hydrogens (tertiary/aromatic N) is 2. The minimum Gasteiger partial charge on any atom is -0.378 e. The number of hydrogen-bond donors (Lipinski definition) is 2. The molecule has 1 aromatic heterocycles. The Bertz CT molecular complexity index is 887. The number of aryl methyl sites for hydroxylation is 2. The number of nitrogens with one attached hydrogen (secondary N) is 2.